The Morgan fingerprint density at radius 2 is 2.03 bits per heavy atom. The van der Waals surface area contributed by atoms with Gasteiger partial charge in [-0.2, -0.15) is 0 Å². The molecule has 4 rings (SSSR count). The first-order valence-electron chi connectivity index (χ1n) is 12.3. The molecule has 6 heteroatoms. The molecule has 3 saturated carbocycles. The summed E-state index contributed by atoms with van der Waals surface area (Å²) in [6.45, 7) is 12.3. The zero-order valence-electron chi connectivity index (χ0n) is 19.7. The van der Waals surface area contributed by atoms with Gasteiger partial charge in [-0.1, -0.05) is 57.9 Å². The average Bonchev–Trinajstić information content (AvgIpc) is 2.98. The van der Waals surface area contributed by atoms with Gasteiger partial charge in [0.2, 0.25) is 0 Å². The van der Waals surface area contributed by atoms with Gasteiger partial charge in [0.25, 0.3) is 0 Å². The quantitative estimate of drug-likeness (QED) is 0.253. The Bertz CT molecular complexity index is 744. The Hall–Kier alpha value is 0.507. The van der Waals surface area contributed by atoms with E-state index in [4.69, 9.17) is 4.43 Å². The summed E-state index contributed by atoms with van der Waals surface area (Å²) in [7, 11) is -1.03. The number of fused-ring (bicyclic) bond motifs is 5. The van der Waals surface area contributed by atoms with Gasteiger partial charge in [0, 0.05) is 27.6 Å². The van der Waals surface area contributed by atoms with Gasteiger partial charge in [0.05, 0.1) is 6.10 Å². The molecule has 0 aromatic heterocycles. The van der Waals surface area contributed by atoms with Crippen molar-refractivity contribution in [2.75, 3.05) is 6.61 Å². The van der Waals surface area contributed by atoms with Crippen molar-refractivity contribution in [2.24, 2.45) is 40.4 Å². The highest BCUT2D eigenvalue weighted by Crippen LogP contribution is 2.70. The molecule has 0 bridgehead atoms. The second-order valence-electron chi connectivity index (χ2n) is 11.8. The molecular weight excluding hydrogens is 536 g/mol. The smallest absolute Gasteiger partial charge is 0.170 e. The van der Waals surface area contributed by atoms with Crippen LogP contribution in [0.1, 0.15) is 59.3 Å². The summed E-state index contributed by atoms with van der Waals surface area (Å²) in [5.74, 6) is 2.74. The molecule has 5 unspecified atom stereocenters. The highest BCUT2D eigenvalue weighted by Gasteiger charge is 2.68. The Morgan fingerprint density at radius 3 is 2.71 bits per heavy atom. The number of hydrogen-bond donors (Lipinski definition) is 1. The molecule has 0 amide bonds. The van der Waals surface area contributed by atoms with Crippen LogP contribution in [-0.4, -0.2) is 41.8 Å². The highest BCUT2D eigenvalue weighted by atomic mass is 79.9. The molecule has 3 nitrogen and oxygen atoms in total. The summed E-state index contributed by atoms with van der Waals surface area (Å²) in [6.07, 6.45) is 10.00. The Kier molecular flexibility index (Phi) is 6.85. The molecular formula is C25H40Br2O3Si. The summed E-state index contributed by atoms with van der Waals surface area (Å²) in [5.41, 5.74) is -0.250. The van der Waals surface area contributed by atoms with Crippen LogP contribution in [0, 0.1) is 40.4 Å². The number of carbonyl (C=O) groups is 1. The minimum atomic E-state index is -1.03. The lowest BCUT2D eigenvalue weighted by Crippen LogP contribution is -2.66. The molecule has 4 aliphatic carbocycles. The van der Waals surface area contributed by atoms with Crippen molar-refractivity contribution < 1.29 is 14.3 Å². The van der Waals surface area contributed by atoms with E-state index in [1.807, 2.05) is 0 Å². The van der Waals surface area contributed by atoms with Crippen molar-refractivity contribution in [3.05, 3.63) is 12.2 Å². The maximum absolute atomic E-state index is 12.8. The predicted molar refractivity (Wildman–Crippen MR) is 136 cm³/mol. The van der Waals surface area contributed by atoms with E-state index in [1.54, 1.807) is 0 Å². The number of rotatable bonds is 5. The van der Waals surface area contributed by atoms with Crippen molar-refractivity contribution >= 4 is 46.7 Å². The van der Waals surface area contributed by atoms with Crippen LogP contribution in [0.2, 0.25) is 13.1 Å². The maximum atomic E-state index is 12.8. The topological polar surface area (TPSA) is 46.5 Å². The van der Waals surface area contributed by atoms with E-state index in [2.05, 4.69) is 77.9 Å². The standard InChI is InChI=1S/C25H40Br2O3Si/c1-15(14-30-31(4)5)10-16-11-17(28)13-25(27)21(26)12-18-19-6-7-22(29)23(19,2)9-8-20(18)24(16,25)3/h8-9,15-21,28,31H,6-7,10-14H2,1-5H3/t15?,16?,17?,18-,19-,20+,21?,23-,24+,25?/m0/s1. The van der Waals surface area contributed by atoms with Crippen LogP contribution in [0.5, 0.6) is 0 Å². The molecule has 0 saturated heterocycles. The van der Waals surface area contributed by atoms with Crippen molar-refractivity contribution in [3.8, 4) is 0 Å². The average molecular weight is 576 g/mol. The summed E-state index contributed by atoms with van der Waals surface area (Å²) >= 11 is 8.35. The van der Waals surface area contributed by atoms with Gasteiger partial charge in [0.1, 0.15) is 5.78 Å². The van der Waals surface area contributed by atoms with Gasteiger partial charge >= 0.3 is 0 Å². The predicted octanol–water partition coefficient (Wildman–Crippen LogP) is 5.88. The zero-order chi connectivity index (χ0) is 22.8. The Balaban J connectivity index is 1.70. The van der Waals surface area contributed by atoms with Gasteiger partial charge < -0.3 is 9.53 Å². The number of halogens is 2. The number of aliphatic hydroxyl groups excluding tert-OH is 1. The third-order valence-corrected chi connectivity index (χ3v) is 13.9. The number of alkyl halides is 2. The van der Waals surface area contributed by atoms with Crippen molar-refractivity contribution in [3.63, 3.8) is 0 Å². The van der Waals surface area contributed by atoms with Gasteiger partial charge in [-0.3, -0.25) is 4.79 Å². The first kappa shape index (κ1) is 24.6. The zero-order valence-corrected chi connectivity index (χ0v) is 24.1. The third-order valence-electron chi connectivity index (χ3n) is 9.58. The minimum absolute atomic E-state index is 0.0241. The molecule has 31 heavy (non-hydrogen) atoms. The number of carbonyl (C=O) groups excluding carboxylic acids is 1. The van der Waals surface area contributed by atoms with E-state index in [0.717, 1.165) is 45.1 Å². The SMILES string of the molecule is CC(CO[SiH](C)C)CC1CC(O)CC2(Br)C(Br)C[C@@H]3[C@@H](C=C[C@]4(C)C(=O)CC[C@@H]34)[C@@]12C. The molecule has 3 fully saturated rings. The molecule has 1 N–H and O–H groups in total. The van der Waals surface area contributed by atoms with E-state index < -0.39 is 9.04 Å². The number of hydrogen-bond acceptors (Lipinski definition) is 3. The van der Waals surface area contributed by atoms with E-state index in [1.165, 1.54) is 0 Å². The lowest BCUT2D eigenvalue weighted by molar-refractivity contribution is -0.128. The maximum Gasteiger partial charge on any atom is 0.170 e. The molecule has 10 atom stereocenters. The number of allylic oxidation sites excluding steroid dienone is 2. The van der Waals surface area contributed by atoms with Gasteiger partial charge in [-0.25, -0.2) is 0 Å². The van der Waals surface area contributed by atoms with Crippen LogP contribution in [-0.2, 0) is 9.22 Å². The fourth-order valence-electron chi connectivity index (χ4n) is 7.84. The van der Waals surface area contributed by atoms with Crippen LogP contribution in [0.25, 0.3) is 0 Å². The lowest BCUT2D eigenvalue weighted by Gasteiger charge is -2.66. The first-order valence-corrected chi connectivity index (χ1v) is 16.8. The largest absolute Gasteiger partial charge is 0.420 e. The van der Waals surface area contributed by atoms with E-state index in [9.17, 15) is 9.90 Å². The second kappa shape index (κ2) is 8.62. The molecule has 0 heterocycles. The molecule has 176 valence electrons. The fraction of sp³-hybridized carbons (Fsp3) is 0.880. The van der Waals surface area contributed by atoms with E-state index >= 15 is 0 Å². The molecule has 0 radical (unpaired) electrons. The van der Waals surface area contributed by atoms with Crippen molar-refractivity contribution in [2.45, 2.75) is 87.6 Å². The Labute approximate surface area is 207 Å². The number of Topliss-reactive ketones (excluding diaryl/α,β-unsaturated/α-hetero) is 1. The summed E-state index contributed by atoms with van der Waals surface area (Å²) in [4.78, 5) is 13.1. The number of ketones is 1. The molecule has 4 aliphatic rings. The van der Waals surface area contributed by atoms with Gasteiger partial charge in [-0.15, -0.1) is 0 Å². The second-order valence-corrected chi connectivity index (χ2v) is 16.7. The number of aliphatic hydroxyl groups is 1. The Morgan fingerprint density at radius 1 is 1.32 bits per heavy atom. The summed E-state index contributed by atoms with van der Waals surface area (Å²) < 4.78 is 5.94. The van der Waals surface area contributed by atoms with Crippen LogP contribution in [0.15, 0.2) is 12.2 Å². The van der Waals surface area contributed by atoms with Gasteiger partial charge in [-0.05, 0) is 87.1 Å². The monoisotopic (exact) mass is 574 g/mol. The molecule has 0 aromatic carbocycles. The van der Waals surface area contributed by atoms with Gasteiger partial charge in [0.15, 0.2) is 9.04 Å². The lowest BCUT2D eigenvalue weighted by atomic mass is 9.43. The van der Waals surface area contributed by atoms with Crippen molar-refractivity contribution in [1.82, 2.24) is 0 Å². The third kappa shape index (κ3) is 3.82. The van der Waals surface area contributed by atoms with Crippen LogP contribution in [0.4, 0.5) is 0 Å². The van der Waals surface area contributed by atoms with Crippen molar-refractivity contribution in [1.29, 1.82) is 0 Å². The van der Waals surface area contributed by atoms with Crippen LogP contribution in [0.3, 0.4) is 0 Å². The molecule has 0 aromatic rings. The highest BCUT2D eigenvalue weighted by molar-refractivity contribution is 9.12. The fourth-order valence-corrected chi connectivity index (χ4v) is 10.8. The normalized spacial score (nSPS) is 50.2. The molecule has 0 spiro atoms. The summed E-state index contributed by atoms with van der Waals surface area (Å²) in [5, 5.41) is 10.9. The van der Waals surface area contributed by atoms with Crippen LogP contribution >= 0.6 is 31.9 Å². The van der Waals surface area contributed by atoms with Crippen LogP contribution < -0.4 is 0 Å². The summed E-state index contributed by atoms with van der Waals surface area (Å²) in [6, 6.07) is 0. The minimum Gasteiger partial charge on any atom is -0.420 e. The van der Waals surface area contributed by atoms with E-state index in [-0.39, 0.29) is 21.3 Å². The first-order chi connectivity index (χ1) is 14.4. The van der Waals surface area contributed by atoms with E-state index in [0.29, 0.717) is 40.2 Å². The molecule has 0 aliphatic heterocycles.